The van der Waals surface area contributed by atoms with Crippen LogP contribution in [0.4, 0.5) is 0 Å². The Labute approximate surface area is 140 Å². The molecular formula is C16H16Cl3NO. The average Bonchev–Trinajstić information content (AvgIpc) is 2.48. The summed E-state index contributed by atoms with van der Waals surface area (Å²) in [5.41, 5.74) is 1.79. The van der Waals surface area contributed by atoms with Crippen molar-refractivity contribution in [2.24, 2.45) is 0 Å². The summed E-state index contributed by atoms with van der Waals surface area (Å²) >= 11 is 18.4. The van der Waals surface area contributed by atoms with E-state index in [4.69, 9.17) is 39.5 Å². The molecule has 0 aromatic heterocycles. The van der Waals surface area contributed by atoms with Gasteiger partial charge in [0.25, 0.3) is 0 Å². The van der Waals surface area contributed by atoms with Crippen molar-refractivity contribution in [3.05, 3.63) is 62.6 Å². The maximum absolute atomic E-state index is 6.24. The Kier molecular flexibility index (Phi) is 6.19. The molecule has 21 heavy (non-hydrogen) atoms. The van der Waals surface area contributed by atoms with Crippen LogP contribution in [0.2, 0.25) is 15.1 Å². The second-order valence-corrected chi connectivity index (χ2v) is 5.69. The number of nitrogens with one attached hydrogen (secondary N) is 1. The molecule has 112 valence electrons. The van der Waals surface area contributed by atoms with Crippen LogP contribution in [0.1, 0.15) is 18.1 Å². The highest BCUT2D eigenvalue weighted by Gasteiger charge is 2.10. The minimum Gasteiger partial charge on any atom is -0.488 e. The Morgan fingerprint density at radius 1 is 1.00 bits per heavy atom. The van der Waals surface area contributed by atoms with Crippen molar-refractivity contribution >= 4 is 34.8 Å². The van der Waals surface area contributed by atoms with E-state index in [0.29, 0.717) is 28.2 Å². The molecule has 1 N–H and O–H groups in total. The predicted octanol–water partition coefficient (Wildman–Crippen LogP) is 5.34. The van der Waals surface area contributed by atoms with Crippen LogP contribution in [-0.4, -0.2) is 6.54 Å². The van der Waals surface area contributed by atoms with Crippen LogP contribution in [0.25, 0.3) is 0 Å². The molecule has 0 radical (unpaired) electrons. The summed E-state index contributed by atoms with van der Waals surface area (Å²) in [5.74, 6) is 0.750. The van der Waals surface area contributed by atoms with E-state index in [1.54, 1.807) is 6.07 Å². The summed E-state index contributed by atoms with van der Waals surface area (Å²) in [6.07, 6.45) is 0. The van der Waals surface area contributed by atoms with Crippen molar-refractivity contribution in [2.45, 2.75) is 20.1 Å². The van der Waals surface area contributed by atoms with Crippen LogP contribution in [0.15, 0.2) is 36.4 Å². The quantitative estimate of drug-likeness (QED) is 0.764. The van der Waals surface area contributed by atoms with Gasteiger partial charge in [-0.15, -0.1) is 0 Å². The van der Waals surface area contributed by atoms with Gasteiger partial charge >= 0.3 is 0 Å². The highest BCUT2D eigenvalue weighted by molar-refractivity contribution is 6.42. The maximum Gasteiger partial charge on any atom is 0.125 e. The lowest BCUT2D eigenvalue weighted by molar-refractivity contribution is 0.302. The van der Waals surface area contributed by atoms with Gasteiger partial charge in [0, 0.05) is 22.7 Å². The molecule has 2 rings (SSSR count). The fourth-order valence-corrected chi connectivity index (χ4v) is 2.52. The lowest BCUT2D eigenvalue weighted by Crippen LogP contribution is -2.13. The molecule has 2 aromatic carbocycles. The molecule has 0 heterocycles. The van der Waals surface area contributed by atoms with Crippen molar-refractivity contribution in [3.63, 3.8) is 0 Å². The van der Waals surface area contributed by atoms with Crippen LogP contribution < -0.4 is 10.1 Å². The van der Waals surface area contributed by atoms with Gasteiger partial charge in [0.05, 0.1) is 10.0 Å². The first-order valence-electron chi connectivity index (χ1n) is 6.67. The Bertz CT molecular complexity index is 616. The Hall–Kier alpha value is -0.930. The fourth-order valence-electron chi connectivity index (χ4n) is 1.91. The minimum atomic E-state index is 0.346. The molecule has 0 aliphatic heterocycles. The van der Waals surface area contributed by atoms with Gasteiger partial charge in [-0.25, -0.2) is 0 Å². The summed E-state index contributed by atoms with van der Waals surface area (Å²) in [4.78, 5) is 0. The van der Waals surface area contributed by atoms with Gasteiger partial charge in [-0.05, 0) is 24.7 Å². The summed E-state index contributed by atoms with van der Waals surface area (Å²) in [6, 6.07) is 11.1. The zero-order valence-electron chi connectivity index (χ0n) is 11.6. The smallest absolute Gasteiger partial charge is 0.125 e. The van der Waals surface area contributed by atoms with Gasteiger partial charge in [-0.1, -0.05) is 59.9 Å². The van der Waals surface area contributed by atoms with E-state index in [9.17, 15) is 0 Å². The highest BCUT2D eigenvalue weighted by Crippen LogP contribution is 2.29. The van der Waals surface area contributed by atoms with E-state index in [-0.39, 0.29) is 0 Å². The van der Waals surface area contributed by atoms with Gasteiger partial charge in [0.1, 0.15) is 12.4 Å². The number of hydrogen-bond donors (Lipinski definition) is 1. The topological polar surface area (TPSA) is 21.3 Å². The molecular weight excluding hydrogens is 329 g/mol. The Morgan fingerprint density at radius 3 is 2.48 bits per heavy atom. The van der Waals surface area contributed by atoms with Gasteiger partial charge in [-0.2, -0.15) is 0 Å². The van der Waals surface area contributed by atoms with E-state index in [1.165, 1.54) is 0 Å². The number of halogens is 3. The van der Waals surface area contributed by atoms with E-state index < -0.39 is 0 Å². The third-order valence-electron chi connectivity index (χ3n) is 3.04. The van der Waals surface area contributed by atoms with E-state index in [1.807, 2.05) is 37.3 Å². The molecule has 2 aromatic rings. The third kappa shape index (κ3) is 4.27. The second-order valence-electron chi connectivity index (χ2n) is 4.50. The summed E-state index contributed by atoms with van der Waals surface area (Å²) in [6.45, 7) is 3.92. The Balaban J connectivity index is 2.16. The largest absolute Gasteiger partial charge is 0.488 e. The monoisotopic (exact) mass is 343 g/mol. The molecule has 0 spiro atoms. The van der Waals surface area contributed by atoms with Crippen LogP contribution in [0.5, 0.6) is 5.75 Å². The standard InChI is InChI=1S/C16H16Cl3NO/c1-2-20-9-12-13(17)6-4-8-15(12)21-10-11-5-3-7-14(18)16(11)19/h3-8,20H,2,9-10H2,1H3. The molecule has 0 aliphatic carbocycles. The van der Waals surface area contributed by atoms with Gasteiger partial charge in [0.15, 0.2) is 0 Å². The van der Waals surface area contributed by atoms with Crippen molar-refractivity contribution in [2.75, 3.05) is 6.54 Å². The number of rotatable bonds is 6. The molecule has 0 saturated heterocycles. The van der Waals surface area contributed by atoms with E-state index >= 15 is 0 Å². The first-order valence-corrected chi connectivity index (χ1v) is 7.80. The second kappa shape index (κ2) is 7.90. The SMILES string of the molecule is CCNCc1c(Cl)cccc1OCc1cccc(Cl)c1Cl. The molecule has 0 fully saturated rings. The van der Waals surface area contributed by atoms with Crippen molar-refractivity contribution in [3.8, 4) is 5.75 Å². The van der Waals surface area contributed by atoms with Crippen molar-refractivity contribution in [1.29, 1.82) is 0 Å². The third-order valence-corrected chi connectivity index (χ3v) is 4.25. The normalized spacial score (nSPS) is 10.7. The lowest BCUT2D eigenvalue weighted by atomic mass is 10.2. The van der Waals surface area contributed by atoms with Crippen molar-refractivity contribution < 1.29 is 4.74 Å². The molecule has 5 heteroatoms. The molecule has 0 bridgehead atoms. The molecule has 0 saturated carbocycles. The highest BCUT2D eigenvalue weighted by atomic mass is 35.5. The van der Waals surface area contributed by atoms with Crippen LogP contribution >= 0.6 is 34.8 Å². The molecule has 0 amide bonds. The maximum atomic E-state index is 6.24. The number of ether oxygens (including phenoxy) is 1. The summed E-state index contributed by atoms with van der Waals surface area (Å²) in [5, 5.41) is 4.99. The van der Waals surface area contributed by atoms with Crippen LogP contribution in [0, 0.1) is 0 Å². The van der Waals surface area contributed by atoms with Crippen LogP contribution in [0.3, 0.4) is 0 Å². The number of benzene rings is 2. The molecule has 0 unspecified atom stereocenters. The van der Waals surface area contributed by atoms with Crippen LogP contribution in [-0.2, 0) is 13.2 Å². The van der Waals surface area contributed by atoms with E-state index in [2.05, 4.69) is 5.32 Å². The minimum absolute atomic E-state index is 0.346. The van der Waals surface area contributed by atoms with Gasteiger partial charge in [0.2, 0.25) is 0 Å². The predicted molar refractivity (Wildman–Crippen MR) is 89.6 cm³/mol. The lowest BCUT2D eigenvalue weighted by Gasteiger charge is -2.14. The Morgan fingerprint density at radius 2 is 1.71 bits per heavy atom. The van der Waals surface area contributed by atoms with Crippen molar-refractivity contribution in [1.82, 2.24) is 5.32 Å². The molecule has 0 atom stereocenters. The zero-order valence-corrected chi connectivity index (χ0v) is 13.9. The molecule has 2 nitrogen and oxygen atoms in total. The summed E-state index contributed by atoms with van der Waals surface area (Å²) < 4.78 is 5.87. The first-order chi connectivity index (χ1) is 10.1. The first kappa shape index (κ1) is 16.4. The van der Waals surface area contributed by atoms with Gasteiger partial charge in [-0.3, -0.25) is 0 Å². The summed E-state index contributed by atoms with van der Waals surface area (Å²) in [7, 11) is 0. The van der Waals surface area contributed by atoms with E-state index in [0.717, 1.165) is 23.4 Å². The fraction of sp³-hybridized carbons (Fsp3) is 0.250. The average molecular weight is 345 g/mol. The van der Waals surface area contributed by atoms with Gasteiger partial charge < -0.3 is 10.1 Å². The number of hydrogen-bond acceptors (Lipinski definition) is 2. The molecule has 0 aliphatic rings. The zero-order chi connectivity index (χ0) is 15.2.